The van der Waals surface area contributed by atoms with E-state index in [0.29, 0.717) is 5.92 Å². The normalized spacial score (nSPS) is 11.9. The summed E-state index contributed by atoms with van der Waals surface area (Å²) < 4.78 is 0. The van der Waals surface area contributed by atoms with Crippen LogP contribution in [0.1, 0.15) is 26.7 Å². The summed E-state index contributed by atoms with van der Waals surface area (Å²) in [5, 5.41) is 6.61. The average Bonchev–Trinajstić information content (AvgIpc) is 2.22. The van der Waals surface area contributed by atoms with Gasteiger partial charge >= 0.3 is 0 Å². The zero-order chi connectivity index (χ0) is 11.5. The van der Waals surface area contributed by atoms with Crippen LogP contribution < -0.4 is 10.6 Å². The minimum Gasteiger partial charge on any atom is -0.356 e. The summed E-state index contributed by atoms with van der Waals surface area (Å²) in [6, 6.07) is 0. The second-order valence-corrected chi connectivity index (χ2v) is 4.96. The van der Waals surface area contributed by atoms with Crippen LogP contribution in [0.5, 0.6) is 0 Å². The van der Waals surface area contributed by atoms with Gasteiger partial charge in [-0.05, 0) is 30.8 Å². The van der Waals surface area contributed by atoms with Crippen molar-refractivity contribution in [2.45, 2.75) is 26.7 Å². The maximum Gasteiger partial charge on any atom is 0.190 e. The lowest BCUT2D eigenvalue weighted by molar-refractivity contribution is 0.612. The van der Waals surface area contributed by atoms with Gasteiger partial charge in [-0.1, -0.05) is 13.8 Å². The fourth-order valence-corrected chi connectivity index (χ4v) is 1.59. The van der Waals surface area contributed by atoms with Crippen molar-refractivity contribution in [3.63, 3.8) is 0 Å². The van der Waals surface area contributed by atoms with E-state index in [-0.39, 0.29) is 0 Å². The Morgan fingerprint density at radius 3 is 2.53 bits per heavy atom. The van der Waals surface area contributed by atoms with Gasteiger partial charge in [-0.3, -0.25) is 4.99 Å². The van der Waals surface area contributed by atoms with E-state index in [2.05, 4.69) is 35.7 Å². The van der Waals surface area contributed by atoms with E-state index in [1.165, 1.54) is 18.6 Å². The van der Waals surface area contributed by atoms with Gasteiger partial charge in [0, 0.05) is 20.1 Å². The van der Waals surface area contributed by atoms with Crippen LogP contribution in [0.15, 0.2) is 4.99 Å². The molecule has 0 bridgehead atoms. The minimum absolute atomic E-state index is 0.653. The molecule has 0 unspecified atom stereocenters. The number of unbranched alkanes of at least 4 members (excludes halogenated alkanes) is 1. The first kappa shape index (κ1) is 14.6. The highest BCUT2D eigenvalue weighted by atomic mass is 32.2. The quantitative estimate of drug-likeness (QED) is 0.399. The summed E-state index contributed by atoms with van der Waals surface area (Å²) in [5.74, 6) is 2.83. The van der Waals surface area contributed by atoms with Crippen molar-refractivity contribution in [2.75, 3.05) is 32.1 Å². The molecule has 0 atom stereocenters. The van der Waals surface area contributed by atoms with Crippen LogP contribution in [-0.4, -0.2) is 38.1 Å². The predicted octanol–water partition coefficient (Wildman–Crippen LogP) is 1.95. The van der Waals surface area contributed by atoms with Crippen molar-refractivity contribution in [2.24, 2.45) is 10.9 Å². The zero-order valence-corrected chi connectivity index (χ0v) is 11.3. The van der Waals surface area contributed by atoms with Crippen LogP contribution in [0.3, 0.4) is 0 Å². The van der Waals surface area contributed by atoms with E-state index in [1.807, 2.05) is 18.8 Å². The second-order valence-electron chi connectivity index (χ2n) is 3.97. The first-order valence-electron chi connectivity index (χ1n) is 5.64. The fraction of sp³-hybridized carbons (Fsp3) is 0.909. The molecular formula is C11H25N3S. The van der Waals surface area contributed by atoms with Gasteiger partial charge in [0.2, 0.25) is 0 Å². The first-order valence-corrected chi connectivity index (χ1v) is 7.03. The molecule has 0 spiro atoms. The number of aliphatic imine (C=N–C) groups is 1. The van der Waals surface area contributed by atoms with Gasteiger partial charge in [0.15, 0.2) is 5.96 Å². The third-order valence-corrected chi connectivity index (χ3v) is 2.67. The lowest BCUT2D eigenvalue weighted by Crippen LogP contribution is -2.39. The molecule has 0 saturated carbocycles. The number of hydrogen-bond acceptors (Lipinski definition) is 2. The van der Waals surface area contributed by atoms with Gasteiger partial charge in [0.05, 0.1) is 0 Å². The Kier molecular flexibility index (Phi) is 9.89. The number of nitrogens with one attached hydrogen (secondary N) is 2. The van der Waals surface area contributed by atoms with Crippen LogP contribution in [0.4, 0.5) is 0 Å². The van der Waals surface area contributed by atoms with Gasteiger partial charge in [-0.2, -0.15) is 11.8 Å². The van der Waals surface area contributed by atoms with E-state index < -0.39 is 0 Å². The van der Waals surface area contributed by atoms with Crippen molar-refractivity contribution in [3.8, 4) is 0 Å². The molecule has 0 fully saturated rings. The van der Waals surface area contributed by atoms with Gasteiger partial charge in [-0.15, -0.1) is 0 Å². The molecule has 0 amide bonds. The summed E-state index contributed by atoms with van der Waals surface area (Å²) in [6.07, 6.45) is 4.63. The van der Waals surface area contributed by atoms with Crippen LogP contribution in [0.2, 0.25) is 0 Å². The molecule has 0 aromatic carbocycles. The number of nitrogens with zero attached hydrogens (tertiary/aromatic N) is 1. The van der Waals surface area contributed by atoms with E-state index in [0.717, 1.165) is 19.0 Å². The van der Waals surface area contributed by atoms with Crippen LogP contribution in [0, 0.1) is 5.92 Å². The fourth-order valence-electron chi connectivity index (χ4n) is 1.10. The molecule has 0 aliphatic rings. The summed E-state index contributed by atoms with van der Waals surface area (Å²) in [4.78, 5) is 4.17. The Balaban J connectivity index is 3.46. The molecule has 0 rings (SSSR count). The molecule has 0 heterocycles. The zero-order valence-electron chi connectivity index (χ0n) is 10.5. The highest BCUT2D eigenvalue weighted by molar-refractivity contribution is 7.98. The van der Waals surface area contributed by atoms with Crippen LogP contribution in [-0.2, 0) is 0 Å². The van der Waals surface area contributed by atoms with Crippen LogP contribution >= 0.6 is 11.8 Å². The Morgan fingerprint density at radius 1 is 1.27 bits per heavy atom. The Labute approximate surface area is 98.5 Å². The van der Waals surface area contributed by atoms with Crippen LogP contribution in [0.25, 0.3) is 0 Å². The molecule has 2 N–H and O–H groups in total. The third-order valence-electron chi connectivity index (χ3n) is 1.97. The monoisotopic (exact) mass is 231 g/mol. The van der Waals surface area contributed by atoms with E-state index in [4.69, 9.17) is 0 Å². The third kappa shape index (κ3) is 9.91. The molecular weight excluding hydrogens is 206 g/mol. The van der Waals surface area contributed by atoms with E-state index in [1.54, 1.807) is 0 Å². The highest BCUT2D eigenvalue weighted by Crippen LogP contribution is 1.97. The van der Waals surface area contributed by atoms with E-state index >= 15 is 0 Å². The van der Waals surface area contributed by atoms with Gasteiger partial charge in [0.25, 0.3) is 0 Å². The molecule has 0 aliphatic carbocycles. The molecule has 90 valence electrons. The largest absolute Gasteiger partial charge is 0.356 e. The summed E-state index contributed by atoms with van der Waals surface area (Å²) in [7, 11) is 1.82. The molecule has 15 heavy (non-hydrogen) atoms. The molecule has 4 heteroatoms. The van der Waals surface area contributed by atoms with Crippen molar-refractivity contribution in [1.29, 1.82) is 0 Å². The topological polar surface area (TPSA) is 36.4 Å². The Morgan fingerprint density at radius 2 is 2.00 bits per heavy atom. The number of rotatable bonds is 7. The number of thioether (sulfide) groups is 1. The Hall–Kier alpha value is -0.380. The maximum atomic E-state index is 4.17. The highest BCUT2D eigenvalue weighted by Gasteiger charge is 1.97. The predicted molar refractivity (Wildman–Crippen MR) is 71.8 cm³/mol. The van der Waals surface area contributed by atoms with Gasteiger partial charge in [0.1, 0.15) is 0 Å². The Bertz CT molecular complexity index is 169. The van der Waals surface area contributed by atoms with Crippen molar-refractivity contribution in [1.82, 2.24) is 10.6 Å². The molecule has 0 aromatic heterocycles. The smallest absolute Gasteiger partial charge is 0.190 e. The summed E-state index contributed by atoms with van der Waals surface area (Å²) >= 11 is 1.91. The molecule has 0 saturated heterocycles. The van der Waals surface area contributed by atoms with Gasteiger partial charge in [-0.25, -0.2) is 0 Å². The lowest BCUT2D eigenvalue weighted by Gasteiger charge is -2.13. The standard InChI is InChI=1S/C11H25N3S/c1-10(2)9-14-11(12-3)13-7-5-6-8-15-4/h10H,5-9H2,1-4H3,(H2,12,13,14). The molecule has 3 nitrogen and oxygen atoms in total. The van der Waals surface area contributed by atoms with Crippen molar-refractivity contribution < 1.29 is 0 Å². The van der Waals surface area contributed by atoms with Crippen molar-refractivity contribution >= 4 is 17.7 Å². The minimum atomic E-state index is 0.653. The van der Waals surface area contributed by atoms with Crippen molar-refractivity contribution in [3.05, 3.63) is 0 Å². The SMILES string of the molecule is CN=C(NCCCCSC)NCC(C)C. The average molecular weight is 231 g/mol. The van der Waals surface area contributed by atoms with E-state index in [9.17, 15) is 0 Å². The molecule has 0 radical (unpaired) electrons. The first-order chi connectivity index (χ1) is 7.20. The molecule has 0 aliphatic heterocycles. The summed E-state index contributed by atoms with van der Waals surface area (Å²) in [6.45, 7) is 6.38. The maximum absolute atomic E-state index is 4.17. The van der Waals surface area contributed by atoms with Gasteiger partial charge < -0.3 is 10.6 Å². The second kappa shape index (κ2) is 10.1. The lowest BCUT2D eigenvalue weighted by atomic mass is 10.2. The number of guanidine groups is 1. The molecule has 0 aromatic rings. The number of hydrogen-bond donors (Lipinski definition) is 2. The summed E-state index contributed by atoms with van der Waals surface area (Å²) in [5.41, 5.74) is 0.